The number of hydrogen-bond acceptors (Lipinski definition) is 3. The largest absolute Gasteiger partial charge is 0.481 e. The minimum Gasteiger partial charge on any atom is -0.481 e. The third kappa shape index (κ3) is 4.17. The van der Waals surface area contributed by atoms with Crippen molar-refractivity contribution in [1.29, 1.82) is 0 Å². The van der Waals surface area contributed by atoms with Crippen LogP contribution >= 0.6 is 0 Å². The normalized spacial score (nSPS) is 10.3. The molecule has 2 amide bonds. The van der Waals surface area contributed by atoms with Crippen LogP contribution in [0.1, 0.15) is 12.8 Å². The number of rotatable bonds is 5. The van der Waals surface area contributed by atoms with Crippen LogP contribution in [0.15, 0.2) is 36.5 Å². The van der Waals surface area contributed by atoms with Gasteiger partial charge in [0.2, 0.25) is 0 Å². The Labute approximate surface area is 122 Å². The highest BCUT2D eigenvalue weighted by Crippen LogP contribution is 2.16. The first-order valence-electron chi connectivity index (χ1n) is 6.65. The number of nitrogens with one attached hydrogen (secondary N) is 1. The SMILES string of the molecule is CN(CCCC(=O)O)C(=O)Nc1cnc2ccccc2c1. The third-order valence-corrected chi connectivity index (χ3v) is 3.07. The minimum atomic E-state index is -0.859. The average Bonchev–Trinajstić information content (AvgIpc) is 2.46. The van der Waals surface area contributed by atoms with E-state index in [1.54, 1.807) is 13.2 Å². The summed E-state index contributed by atoms with van der Waals surface area (Å²) in [7, 11) is 1.63. The van der Waals surface area contributed by atoms with Crippen molar-refractivity contribution in [1.82, 2.24) is 9.88 Å². The van der Waals surface area contributed by atoms with Crippen molar-refractivity contribution in [2.75, 3.05) is 18.9 Å². The van der Waals surface area contributed by atoms with Crippen LogP contribution in [0.5, 0.6) is 0 Å². The lowest BCUT2D eigenvalue weighted by Crippen LogP contribution is -2.32. The van der Waals surface area contributed by atoms with E-state index in [2.05, 4.69) is 10.3 Å². The van der Waals surface area contributed by atoms with Crippen molar-refractivity contribution in [3.05, 3.63) is 36.5 Å². The van der Waals surface area contributed by atoms with E-state index in [-0.39, 0.29) is 12.5 Å². The molecule has 1 heterocycles. The molecule has 0 aliphatic heterocycles. The number of hydrogen-bond donors (Lipinski definition) is 2. The molecule has 0 unspecified atom stereocenters. The smallest absolute Gasteiger partial charge is 0.321 e. The van der Waals surface area contributed by atoms with Gasteiger partial charge in [0.25, 0.3) is 0 Å². The van der Waals surface area contributed by atoms with Crippen LogP contribution in [-0.4, -0.2) is 40.6 Å². The summed E-state index contributed by atoms with van der Waals surface area (Å²) >= 11 is 0. The van der Waals surface area contributed by atoms with Crippen LogP contribution in [0.4, 0.5) is 10.5 Å². The van der Waals surface area contributed by atoms with Crippen LogP contribution in [-0.2, 0) is 4.79 Å². The van der Waals surface area contributed by atoms with Crippen molar-refractivity contribution in [2.45, 2.75) is 12.8 Å². The lowest BCUT2D eigenvalue weighted by Gasteiger charge is -2.17. The number of benzene rings is 1. The zero-order valence-electron chi connectivity index (χ0n) is 11.7. The quantitative estimate of drug-likeness (QED) is 0.885. The number of anilines is 1. The maximum Gasteiger partial charge on any atom is 0.321 e. The van der Waals surface area contributed by atoms with Crippen LogP contribution in [0.25, 0.3) is 10.9 Å². The van der Waals surface area contributed by atoms with Crippen LogP contribution in [0.2, 0.25) is 0 Å². The Morgan fingerprint density at radius 1 is 1.33 bits per heavy atom. The summed E-state index contributed by atoms with van der Waals surface area (Å²) in [5, 5.41) is 12.3. The lowest BCUT2D eigenvalue weighted by atomic mass is 10.2. The molecule has 0 saturated carbocycles. The van der Waals surface area contributed by atoms with Gasteiger partial charge >= 0.3 is 12.0 Å². The molecule has 1 aromatic carbocycles. The van der Waals surface area contributed by atoms with Crippen LogP contribution in [0.3, 0.4) is 0 Å². The lowest BCUT2D eigenvalue weighted by molar-refractivity contribution is -0.137. The average molecular weight is 287 g/mol. The Hall–Kier alpha value is -2.63. The molecule has 6 nitrogen and oxygen atoms in total. The summed E-state index contributed by atoms with van der Waals surface area (Å²) in [6, 6.07) is 9.22. The number of nitrogens with zero attached hydrogens (tertiary/aromatic N) is 2. The summed E-state index contributed by atoms with van der Waals surface area (Å²) in [4.78, 5) is 28.1. The molecular formula is C15H17N3O3. The Balaban J connectivity index is 1.95. The minimum absolute atomic E-state index is 0.0507. The second-order valence-corrected chi connectivity index (χ2v) is 4.77. The molecule has 0 fully saturated rings. The molecule has 0 radical (unpaired) electrons. The number of carboxylic acid groups (broad SMARTS) is 1. The Kier molecular flexibility index (Phi) is 4.71. The van der Waals surface area contributed by atoms with Gasteiger partial charge in [0.05, 0.1) is 17.4 Å². The van der Waals surface area contributed by atoms with E-state index in [9.17, 15) is 9.59 Å². The van der Waals surface area contributed by atoms with E-state index in [4.69, 9.17) is 5.11 Å². The van der Waals surface area contributed by atoms with Crippen LogP contribution < -0.4 is 5.32 Å². The first kappa shape index (κ1) is 14.8. The molecule has 0 bridgehead atoms. The molecule has 110 valence electrons. The molecule has 1 aromatic heterocycles. The highest BCUT2D eigenvalue weighted by atomic mass is 16.4. The van der Waals surface area contributed by atoms with E-state index < -0.39 is 5.97 Å². The number of aliphatic carboxylic acids is 1. The van der Waals surface area contributed by atoms with Gasteiger partial charge in [-0.2, -0.15) is 0 Å². The summed E-state index contributed by atoms with van der Waals surface area (Å²) in [5.74, 6) is -0.859. The number of para-hydroxylation sites is 1. The molecule has 2 N–H and O–H groups in total. The van der Waals surface area contributed by atoms with Gasteiger partial charge in [-0.05, 0) is 18.6 Å². The molecule has 0 aliphatic rings. The van der Waals surface area contributed by atoms with Crippen molar-refractivity contribution in [3.8, 4) is 0 Å². The second-order valence-electron chi connectivity index (χ2n) is 4.77. The second kappa shape index (κ2) is 6.69. The van der Waals surface area contributed by atoms with Crippen molar-refractivity contribution >= 4 is 28.6 Å². The number of carbonyl (C=O) groups is 2. The first-order valence-corrected chi connectivity index (χ1v) is 6.65. The fraction of sp³-hybridized carbons (Fsp3) is 0.267. The molecule has 21 heavy (non-hydrogen) atoms. The summed E-state index contributed by atoms with van der Waals surface area (Å²) in [6.07, 6.45) is 2.08. The van der Waals surface area contributed by atoms with Crippen molar-refractivity contribution in [2.24, 2.45) is 0 Å². The molecule has 0 atom stereocenters. The standard InChI is InChI=1S/C15H17N3O3/c1-18(8-4-7-14(19)20)15(21)17-12-9-11-5-2-3-6-13(11)16-10-12/h2-3,5-6,9-10H,4,7-8H2,1H3,(H,17,21)(H,19,20). The zero-order chi connectivity index (χ0) is 15.2. The monoisotopic (exact) mass is 287 g/mol. The first-order chi connectivity index (χ1) is 10.1. The number of urea groups is 1. The Morgan fingerprint density at radius 2 is 2.10 bits per heavy atom. The van der Waals surface area contributed by atoms with E-state index in [1.807, 2.05) is 30.3 Å². The van der Waals surface area contributed by atoms with Gasteiger partial charge in [0.15, 0.2) is 0 Å². The van der Waals surface area contributed by atoms with Crippen molar-refractivity contribution in [3.63, 3.8) is 0 Å². The van der Waals surface area contributed by atoms with Gasteiger partial charge in [-0.15, -0.1) is 0 Å². The molecule has 6 heteroatoms. The predicted molar refractivity (Wildman–Crippen MR) is 80.3 cm³/mol. The molecular weight excluding hydrogens is 270 g/mol. The van der Waals surface area contributed by atoms with Gasteiger partial charge in [0, 0.05) is 25.4 Å². The maximum atomic E-state index is 12.0. The van der Waals surface area contributed by atoms with E-state index >= 15 is 0 Å². The molecule has 2 rings (SSSR count). The number of aromatic nitrogens is 1. The number of amides is 2. The van der Waals surface area contributed by atoms with E-state index in [1.165, 1.54) is 4.90 Å². The number of pyridine rings is 1. The van der Waals surface area contributed by atoms with Gasteiger partial charge in [0.1, 0.15) is 0 Å². The van der Waals surface area contributed by atoms with Gasteiger partial charge in [-0.1, -0.05) is 18.2 Å². The fourth-order valence-corrected chi connectivity index (χ4v) is 1.93. The van der Waals surface area contributed by atoms with E-state index in [0.29, 0.717) is 18.7 Å². The number of carbonyl (C=O) groups excluding carboxylic acids is 1. The fourth-order valence-electron chi connectivity index (χ4n) is 1.93. The Bertz CT molecular complexity index is 657. The highest BCUT2D eigenvalue weighted by Gasteiger charge is 2.09. The third-order valence-electron chi connectivity index (χ3n) is 3.07. The summed E-state index contributed by atoms with van der Waals surface area (Å²) in [5.41, 5.74) is 1.48. The number of carboxylic acids is 1. The molecule has 0 saturated heterocycles. The molecule has 0 aliphatic carbocycles. The molecule has 2 aromatic rings. The molecule has 0 spiro atoms. The Morgan fingerprint density at radius 3 is 2.86 bits per heavy atom. The topological polar surface area (TPSA) is 82.5 Å². The van der Waals surface area contributed by atoms with Crippen LogP contribution in [0, 0.1) is 0 Å². The predicted octanol–water partition coefficient (Wildman–Crippen LogP) is 2.56. The highest BCUT2D eigenvalue weighted by molar-refractivity contribution is 5.91. The van der Waals surface area contributed by atoms with Gasteiger partial charge in [-0.3, -0.25) is 9.78 Å². The van der Waals surface area contributed by atoms with E-state index in [0.717, 1.165) is 10.9 Å². The zero-order valence-corrected chi connectivity index (χ0v) is 11.7. The summed E-state index contributed by atoms with van der Waals surface area (Å²) < 4.78 is 0. The summed E-state index contributed by atoms with van der Waals surface area (Å²) in [6.45, 7) is 0.388. The van der Waals surface area contributed by atoms with Crippen molar-refractivity contribution < 1.29 is 14.7 Å². The maximum absolute atomic E-state index is 12.0. The van der Waals surface area contributed by atoms with Gasteiger partial charge in [-0.25, -0.2) is 4.79 Å². The number of fused-ring (bicyclic) bond motifs is 1. The van der Waals surface area contributed by atoms with Gasteiger partial charge < -0.3 is 15.3 Å².